The van der Waals surface area contributed by atoms with Crippen LogP contribution in [0.3, 0.4) is 0 Å². The molecule has 0 fully saturated rings. The van der Waals surface area contributed by atoms with Gasteiger partial charge in [0.1, 0.15) is 11.3 Å². The summed E-state index contributed by atoms with van der Waals surface area (Å²) in [5.41, 5.74) is 2.16. The summed E-state index contributed by atoms with van der Waals surface area (Å²) in [6, 6.07) is 8.26. The molecule has 1 heterocycles. The molecule has 2 heteroatoms. The first-order chi connectivity index (χ1) is 6.16. The van der Waals surface area contributed by atoms with Crippen molar-refractivity contribution >= 4 is 16.7 Å². The van der Waals surface area contributed by atoms with Crippen LogP contribution in [0.25, 0.3) is 11.0 Å². The Morgan fingerprint density at radius 1 is 1.15 bits per heavy atom. The van der Waals surface area contributed by atoms with Crippen molar-refractivity contribution in [1.29, 1.82) is 0 Å². The maximum Gasteiger partial charge on any atom is 0.134 e. The molecule has 0 aliphatic carbocycles. The minimum Gasteiger partial charge on any atom is -0.461 e. The van der Waals surface area contributed by atoms with E-state index in [0.29, 0.717) is 0 Å². The summed E-state index contributed by atoms with van der Waals surface area (Å²) in [5.74, 6) is 0.964. The minimum atomic E-state index is 0.961. The van der Waals surface area contributed by atoms with Gasteiger partial charge >= 0.3 is 0 Å². The molecule has 0 saturated heterocycles. The molecule has 0 bridgehead atoms. The summed E-state index contributed by atoms with van der Waals surface area (Å²) in [7, 11) is 4.07. The van der Waals surface area contributed by atoms with Crippen LogP contribution in [0.2, 0.25) is 0 Å². The molecule has 0 unspecified atom stereocenters. The number of benzene rings is 1. The van der Waals surface area contributed by atoms with Crippen molar-refractivity contribution in [1.82, 2.24) is 0 Å². The van der Waals surface area contributed by atoms with Gasteiger partial charge in [0, 0.05) is 25.2 Å². The van der Waals surface area contributed by atoms with Gasteiger partial charge in [-0.15, -0.1) is 0 Å². The molecule has 0 aliphatic heterocycles. The third kappa shape index (κ3) is 1.39. The number of hydrogen-bond donors (Lipinski definition) is 0. The highest BCUT2D eigenvalue weighted by molar-refractivity contribution is 5.81. The number of fused-ring (bicyclic) bond motifs is 1. The Bertz CT molecular complexity index is 429. The molecule has 0 amide bonds. The van der Waals surface area contributed by atoms with Gasteiger partial charge in [0.15, 0.2) is 0 Å². The van der Waals surface area contributed by atoms with Crippen LogP contribution in [0.4, 0.5) is 5.69 Å². The van der Waals surface area contributed by atoms with Gasteiger partial charge in [-0.3, -0.25) is 0 Å². The Morgan fingerprint density at radius 2 is 1.92 bits per heavy atom. The molecule has 0 spiro atoms. The second-order valence-electron chi connectivity index (χ2n) is 3.47. The summed E-state index contributed by atoms with van der Waals surface area (Å²) in [6.07, 6.45) is 0. The molecule has 0 saturated carbocycles. The predicted octanol–water partition coefficient (Wildman–Crippen LogP) is 2.81. The van der Waals surface area contributed by atoms with Crippen LogP contribution < -0.4 is 4.90 Å². The third-order valence-electron chi connectivity index (χ3n) is 2.14. The maximum atomic E-state index is 5.48. The second kappa shape index (κ2) is 2.80. The summed E-state index contributed by atoms with van der Waals surface area (Å²) >= 11 is 0. The molecule has 0 N–H and O–H groups in total. The van der Waals surface area contributed by atoms with Crippen LogP contribution in [-0.4, -0.2) is 14.1 Å². The van der Waals surface area contributed by atoms with Gasteiger partial charge in [-0.2, -0.15) is 0 Å². The van der Waals surface area contributed by atoms with Crippen LogP contribution in [-0.2, 0) is 0 Å². The predicted molar refractivity (Wildman–Crippen MR) is 55.3 cm³/mol. The molecular formula is C11H13NO. The molecular weight excluding hydrogens is 162 g/mol. The fraction of sp³-hybridized carbons (Fsp3) is 0.273. The Kier molecular flexibility index (Phi) is 1.76. The maximum absolute atomic E-state index is 5.48. The van der Waals surface area contributed by atoms with Crippen molar-refractivity contribution < 1.29 is 4.42 Å². The van der Waals surface area contributed by atoms with E-state index < -0.39 is 0 Å². The zero-order valence-corrected chi connectivity index (χ0v) is 8.16. The molecule has 1 aromatic heterocycles. The molecule has 13 heavy (non-hydrogen) atoms. The van der Waals surface area contributed by atoms with E-state index in [2.05, 4.69) is 23.1 Å². The molecule has 2 aromatic rings. The van der Waals surface area contributed by atoms with Gasteiger partial charge in [0.25, 0.3) is 0 Å². The fourth-order valence-corrected chi connectivity index (χ4v) is 1.44. The van der Waals surface area contributed by atoms with Gasteiger partial charge in [-0.1, -0.05) is 0 Å². The van der Waals surface area contributed by atoms with E-state index in [1.54, 1.807) is 0 Å². The summed E-state index contributed by atoms with van der Waals surface area (Å²) in [5, 5.41) is 1.17. The fourth-order valence-electron chi connectivity index (χ4n) is 1.44. The van der Waals surface area contributed by atoms with E-state index >= 15 is 0 Å². The summed E-state index contributed by atoms with van der Waals surface area (Å²) in [6.45, 7) is 1.97. The van der Waals surface area contributed by atoms with Gasteiger partial charge in [-0.25, -0.2) is 0 Å². The summed E-state index contributed by atoms with van der Waals surface area (Å²) in [4.78, 5) is 2.09. The lowest BCUT2D eigenvalue weighted by Crippen LogP contribution is -2.07. The third-order valence-corrected chi connectivity index (χ3v) is 2.14. The monoisotopic (exact) mass is 175 g/mol. The molecule has 0 atom stereocenters. The highest BCUT2D eigenvalue weighted by atomic mass is 16.3. The summed E-state index contributed by atoms with van der Waals surface area (Å²) < 4.78 is 5.48. The van der Waals surface area contributed by atoms with Crippen molar-refractivity contribution in [2.45, 2.75) is 6.92 Å². The number of rotatable bonds is 1. The quantitative estimate of drug-likeness (QED) is 0.662. The lowest BCUT2D eigenvalue weighted by Gasteiger charge is -2.11. The number of furan rings is 1. The van der Waals surface area contributed by atoms with E-state index in [9.17, 15) is 0 Å². The van der Waals surface area contributed by atoms with E-state index in [-0.39, 0.29) is 0 Å². The number of nitrogens with zero attached hydrogens (tertiary/aromatic N) is 1. The van der Waals surface area contributed by atoms with Gasteiger partial charge < -0.3 is 9.32 Å². The standard InChI is InChI=1S/C11H13NO/c1-8-6-9-7-10(12(2)3)4-5-11(9)13-8/h4-7H,1-3H3. The largest absolute Gasteiger partial charge is 0.461 e. The number of hydrogen-bond acceptors (Lipinski definition) is 2. The lowest BCUT2D eigenvalue weighted by molar-refractivity contribution is 0.578. The van der Waals surface area contributed by atoms with Crippen molar-refractivity contribution in [2.24, 2.45) is 0 Å². The van der Waals surface area contributed by atoms with Crippen molar-refractivity contribution in [3.05, 3.63) is 30.0 Å². The Labute approximate surface area is 77.8 Å². The molecule has 0 aliphatic rings. The first-order valence-corrected chi connectivity index (χ1v) is 4.34. The first-order valence-electron chi connectivity index (χ1n) is 4.34. The van der Waals surface area contributed by atoms with Crippen molar-refractivity contribution in [3.63, 3.8) is 0 Å². The van der Waals surface area contributed by atoms with Gasteiger partial charge in [-0.05, 0) is 31.2 Å². The van der Waals surface area contributed by atoms with E-state index in [1.165, 1.54) is 11.1 Å². The van der Waals surface area contributed by atoms with E-state index in [1.807, 2.05) is 27.1 Å². The topological polar surface area (TPSA) is 16.4 Å². The second-order valence-corrected chi connectivity index (χ2v) is 3.47. The molecule has 68 valence electrons. The average molecular weight is 175 g/mol. The molecule has 2 nitrogen and oxygen atoms in total. The number of anilines is 1. The first kappa shape index (κ1) is 8.17. The van der Waals surface area contributed by atoms with Crippen LogP contribution in [0.1, 0.15) is 5.76 Å². The molecule has 0 radical (unpaired) electrons. The van der Waals surface area contributed by atoms with Crippen molar-refractivity contribution in [3.8, 4) is 0 Å². The zero-order chi connectivity index (χ0) is 9.42. The molecule has 2 rings (SSSR count). The van der Waals surface area contributed by atoms with Crippen LogP contribution in [0.5, 0.6) is 0 Å². The SMILES string of the molecule is Cc1cc2cc(N(C)C)ccc2o1. The van der Waals surface area contributed by atoms with Crippen LogP contribution in [0, 0.1) is 6.92 Å². The zero-order valence-electron chi connectivity index (χ0n) is 8.16. The number of aryl methyl sites for hydroxylation is 1. The highest BCUT2D eigenvalue weighted by Crippen LogP contribution is 2.23. The van der Waals surface area contributed by atoms with Crippen LogP contribution in [0.15, 0.2) is 28.7 Å². The Balaban J connectivity index is 2.61. The van der Waals surface area contributed by atoms with Gasteiger partial charge in [0.2, 0.25) is 0 Å². The van der Waals surface area contributed by atoms with E-state index in [0.717, 1.165) is 11.3 Å². The van der Waals surface area contributed by atoms with Gasteiger partial charge in [0.05, 0.1) is 0 Å². The van der Waals surface area contributed by atoms with Crippen LogP contribution >= 0.6 is 0 Å². The highest BCUT2D eigenvalue weighted by Gasteiger charge is 2.01. The normalized spacial score (nSPS) is 10.7. The van der Waals surface area contributed by atoms with Crippen molar-refractivity contribution in [2.75, 3.05) is 19.0 Å². The van der Waals surface area contributed by atoms with E-state index in [4.69, 9.17) is 4.42 Å². The average Bonchev–Trinajstić information content (AvgIpc) is 2.42. The smallest absolute Gasteiger partial charge is 0.134 e. The Morgan fingerprint density at radius 3 is 2.62 bits per heavy atom. The Hall–Kier alpha value is -1.44. The lowest BCUT2D eigenvalue weighted by atomic mass is 10.2. The molecule has 1 aromatic carbocycles. The minimum absolute atomic E-state index is 0.961.